The monoisotopic (exact) mass is 407 g/mol. The number of anilines is 1. The molecule has 26 heavy (non-hydrogen) atoms. The lowest BCUT2D eigenvalue weighted by molar-refractivity contribution is -0.384. The lowest BCUT2D eigenvalue weighted by Gasteiger charge is -2.03. The highest BCUT2D eigenvalue weighted by Gasteiger charge is 2.12. The maximum Gasteiger partial charge on any atom is 0.269 e. The van der Waals surface area contributed by atoms with Gasteiger partial charge in [-0.2, -0.15) is 0 Å². The molecule has 1 N–H and O–H groups in total. The largest absolute Gasteiger partial charge is 0.302 e. The Bertz CT molecular complexity index is 974. The fourth-order valence-electron chi connectivity index (χ4n) is 2.24. The van der Waals surface area contributed by atoms with Crippen molar-refractivity contribution in [3.63, 3.8) is 0 Å². The number of aromatic nitrogens is 1. The Morgan fingerprint density at radius 2 is 1.92 bits per heavy atom. The normalized spacial score (nSPS) is 10.5. The molecule has 0 radical (unpaired) electrons. The highest BCUT2D eigenvalue weighted by atomic mass is 35.5. The molecule has 2 aromatic carbocycles. The number of rotatable bonds is 5. The molecule has 1 aromatic heterocycles. The van der Waals surface area contributed by atoms with Crippen LogP contribution in [-0.4, -0.2) is 15.8 Å². The minimum absolute atomic E-state index is 0.0152. The number of halogens is 2. The molecule has 0 atom stereocenters. The number of hydrogen-bond donors (Lipinski definition) is 1. The Balaban J connectivity index is 1.66. The van der Waals surface area contributed by atoms with Gasteiger partial charge in [0.1, 0.15) is 0 Å². The van der Waals surface area contributed by atoms with Crippen LogP contribution in [0.25, 0.3) is 11.3 Å². The van der Waals surface area contributed by atoms with Crippen LogP contribution in [0, 0.1) is 10.1 Å². The molecule has 0 aliphatic carbocycles. The Morgan fingerprint density at radius 1 is 1.19 bits per heavy atom. The number of benzene rings is 2. The SMILES string of the molecule is O=C(Cc1ccc([N+](=O)[O-])cc1)Nc1nc(-c2ccc(Cl)cc2Cl)cs1. The molecule has 0 saturated carbocycles. The minimum Gasteiger partial charge on any atom is -0.302 e. The molecule has 1 amide bonds. The highest BCUT2D eigenvalue weighted by Crippen LogP contribution is 2.32. The summed E-state index contributed by atoms with van der Waals surface area (Å²) in [6, 6.07) is 11.0. The van der Waals surface area contributed by atoms with Gasteiger partial charge in [-0.25, -0.2) is 4.98 Å². The van der Waals surface area contributed by atoms with Gasteiger partial charge in [0.05, 0.1) is 22.1 Å². The van der Waals surface area contributed by atoms with Crippen LogP contribution in [0.4, 0.5) is 10.8 Å². The van der Waals surface area contributed by atoms with Crippen LogP contribution in [0.15, 0.2) is 47.8 Å². The van der Waals surface area contributed by atoms with Gasteiger partial charge in [0, 0.05) is 28.1 Å². The van der Waals surface area contributed by atoms with Gasteiger partial charge in [-0.15, -0.1) is 11.3 Å². The summed E-state index contributed by atoms with van der Waals surface area (Å²) in [6.45, 7) is 0. The fraction of sp³-hybridized carbons (Fsp3) is 0.0588. The van der Waals surface area contributed by atoms with Crippen LogP contribution in [0.3, 0.4) is 0 Å². The van der Waals surface area contributed by atoms with Gasteiger partial charge in [0.15, 0.2) is 5.13 Å². The molecule has 3 rings (SSSR count). The van der Waals surface area contributed by atoms with E-state index in [9.17, 15) is 14.9 Å². The van der Waals surface area contributed by atoms with Gasteiger partial charge in [0.25, 0.3) is 5.69 Å². The predicted octanol–water partition coefficient (Wildman–Crippen LogP) is 5.21. The third-order valence-electron chi connectivity index (χ3n) is 3.47. The average Bonchev–Trinajstić information content (AvgIpc) is 3.03. The number of hydrogen-bond acceptors (Lipinski definition) is 5. The molecular formula is C17H11Cl2N3O3S. The Kier molecular flexibility index (Phi) is 5.51. The maximum absolute atomic E-state index is 12.1. The second-order valence-corrected chi connectivity index (χ2v) is 7.01. The molecule has 9 heteroatoms. The molecule has 0 unspecified atom stereocenters. The van der Waals surface area contributed by atoms with E-state index in [0.29, 0.717) is 26.4 Å². The molecule has 0 fully saturated rings. The molecular weight excluding hydrogens is 397 g/mol. The molecule has 6 nitrogen and oxygen atoms in total. The second-order valence-electron chi connectivity index (χ2n) is 5.31. The second kappa shape index (κ2) is 7.82. The average molecular weight is 408 g/mol. The minimum atomic E-state index is -0.483. The van der Waals surface area contributed by atoms with Gasteiger partial charge >= 0.3 is 0 Å². The van der Waals surface area contributed by atoms with Crippen LogP contribution >= 0.6 is 34.5 Å². The van der Waals surface area contributed by atoms with Crippen molar-refractivity contribution in [3.8, 4) is 11.3 Å². The van der Waals surface area contributed by atoms with Gasteiger partial charge in [-0.3, -0.25) is 14.9 Å². The Morgan fingerprint density at radius 3 is 2.58 bits per heavy atom. The van der Waals surface area contributed by atoms with E-state index in [1.54, 1.807) is 35.7 Å². The predicted molar refractivity (Wildman–Crippen MR) is 103 cm³/mol. The van der Waals surface area contributed by atoms with Crippen molar-refractivity contribution in [3.05, 3.63) is 73.6 Å². The van der Waals surface area contributed by atoms with Crippen molar-refractivity contribution < 1.29 is 9.72 Å². The summed E-state index contributed by atoms with van der Waals surface area (Å²) >= 11 is 13.3. The lowest BCUT2D eigenvalue weighted by atomic mass is 10.1. The summed E-state index contributed by atoms with van der Waals surface area (Å²) in [5.74, 6) is -0.262. The van der Waals surface area contributed by atoms with Gasteiger partial charge < -0.3 is 5.32 Å². The van der Waals surface area contributed by atoms with E-state index < -0.39 is 4.92 Å². The van der Waals surface area contributed by atoms with E-state index in [-0.39, 0.29) is 18.0 Å². The van der Waals surface area contributed by atoms with Crippen LogP contribution in [0.1, 0.15) is 5.56 Å². The standard InChI is InChI=1S/C17H11Cl2N3O3S/c18-11-3-6-13(14(19)8-11)15-9-26-17(20-15)21-16(23)7-10-1-4-12(5-2-10)22(24)25/h1-6,8-9H,7H2,(H,20,21,23). The first-order valence-electron chi connectivity index (χ1n) is 7.36. The number of nitro benzene ring substituents is 1. The van der Waals surface area contributed by atoms with Crippen molar-refractivity contribution in [2.24, 2.45) is 0 Å². The van der Waals surface area contributed by atoms with E-state index in [1.807, 2.05) is 0 Å². The zero-order valence-electron chi connectivity index (χ0n) is 13.1. The summed E-state index contributed by atoms with van der Waals surface area (Å²) in [7, 11) is 0. The van der Waals surface area contributed by atoms with E-state index in [2.05, 4.69) is 10.3 Å². The molecule has 0 spiro atoms. The van der Waals surface area contributed by atoms with Crippen LogP contribution < -0.4 is 5.32 Å². The smallest absolute Gasteiger partial charge is 0.269 e. The fourth-order valence-corrected chi connectivity index (χ4v) is 3.47. The third-order valence-corrected chi connectivity index (χ3v) is 4.77. The zero-order chi connectivity index (χ0) is 18.7. The third kappa shape index (κ3) is 4.37. The molecule has 0 aliphatic rings. The number of nitrogens with one attached hydrogen (secondary N) is 1. The Hall–Kier alpha value is -2.48. The highest BCUT2D eigenvalue weighted by molar-refractivity contribution is 7.14. The molecule has 3 aromatic rings. The van der Waals surface area contributed by atoms with Crippen molar-refractivity contribution in [2.75, 3.05) is 5.32 Å². The number of carbonyl (C=O) groups is 1. The van der Waals surface area contributed by atoms with E-state index in [4.69, 9.17) is 23.2 Å². The van der Waals surface area contributed by atoms with Gasteiger partial charge in [-0.05, 0) is 23.8 Å². The number of thiazole rings is 1. The number of nitro groups is 1. The lowest BCUT2D eigenvalue weighted by Crippen LogP contribution is -2.14. The first kappa shape index (κ1) is 18.3. The van der Waals surface area contributed by atoms with Crippen molar-refractivity contribution in [1.82, 2.24) is 4.98 Å². The Labute approximate surface area is 162 Å². The van der Waals surface area contributed by atoms with Gasteiger partial charge in [0.2, 0.25) is 5.91 Å². The number of amides is 1. The molecule has 0 aliphatic heterocycles. The van der Waals surface area contributed by atoms with Crippen LogP contribution in [-0.2, 0) is 11.2 Å². The summed E-state index contributed by atoms with van der Waals surface area (Å²) in [5.41, 5.74) is 2.02. The summed E-state index contributed by atoms with van der Waals surface area (Å²) < 4.78 is 0. The van der Waals surface area contributed by atoms with Crippen molar-refractivity contribution in [1.29, 1.82) is 0 Å². The quantitative estimate of drug-likeness (QED) is 0.464. The first-order valence-corrected chi connectivity index (χ1v) is 9.00. The van der Waals surface area contributed by atoms with E-state index in [0.717, 1.165) is 5.56 Å². The summed E-state index contributed by atoms with van der Waals surface area (Å²) in [4.78, 5) is 26.7. The topological polar surface area (TPSA) is 85.1 Å². The maximum atomic E-state index is 12.1. The van der Waals surface area contributed by atoms with Crippen molar-refractivity contribution in [2.45, 2.75) is 6.42 Å². The number of carbonyl (C=O) groups excluding carboxylic acids is 1. The number of non-ortho nitro benzene ring substituents is 1. The van der Waals surface area contributed by atoms with Crippen LogP contribution in [0.5, 0.6) is 0 Å². The first-order chi connectivity index (χ1) is 12.4. The molecule has 1 heterocycles. The summed E-state index contributed by atoms with van der Waals surface area (Å²) in [5, 5.41) is 16.6. The summed E-state index contributed by atoms with van der Waals surface area (Å²) in [6.07, 6.45) is 0.0919. The molecule has 0 bridgehead atoms. The van der Waals surface area contributed by atoms with Crippen LogP contribution in [0.2, 0.25) is 10.0 Å². The van der Waals surface area contributed by atoms with E-state index in [1.165, 1.54) is 23.5 Å². The van der Waals surface area contributed by atoms with Gasteiger partial charge in [-0.1, -0.05) is 35.3 Å². The zero-order valence-corrected chi connectivity index (χ0v) is 15.4. The van der Waals surface area contributed by atoms with E-state index >= 15 is 0 Å². The number of nitrogens with zero attached hydrogens (tertiary/aromatic N) is 2. The molecule has 0 saturated heterocycles. The molecule has 132 valence electrons. The van der Waals surface area contributed by atoms with Crippen molar-refractivity contribution >= 4 is 51.3 Å².